The summed E-state index contributed by atoms with van der Waals surface area (Å²) in [5.41, 5.74) is 0.672. The second kappa shape index (κ2) is 4.25. The lowest BCUT2D eigenvalue weighted by molar-refractivity contribution is -0.117. The molecule has 1 fully saturated rings. The van der Waals surface area contributed by atoms with Crippen LogP contribution in [-0.2, 0) is 4.79 Å². The van der Waals surface area contributed by atoms with Crippen molar-refractivity contribution in [1.82, 2.24) is 0 Å². The van der Waals surface area contributed by atoms with E-state index in [-0.39, 0.29) is 17.4 Å². The van der Waals surface area contributed by atoms with Gasteiger partial charge in [0.05, 0.1) is 5.56 Å². The topological polar surface area (TPSA) is 66.4 Å². The van der Waals surface area contributed by atoms with Gasteiger partial charge in [-0.3, -0.25) is 4.79 Å². The minimum Gasteiger partial charge on any atom is -0.478 e. The number of carbonyl (C=O) groups is 2. The molecule has 0 aromatic heterocycles. The molecule has 1 aliphatic rings. The molecule has 0 aliphatic heterocycles. The van der Waals surface area contributed by atoms with Crippen LogP contribution in [0.2, 0.25) is 0 Å². The maximum absolute atomic E-state index is 11.5. The van der Waals surface area contributed by atoms with Gasteiger partial charge in [-0.15, -0.1) is 0 Å². The first kappa shape index (κ1) is 11.1. The lowest BCUT2D eigenvalue weighted by Crippen LogP contribution is -2.13. The van der Waals surface area contributed by atoms with Gasteiger partial charge in [0.2, 0.25) is 5.91 Å². The van der Waals surface area contributed by atoms with Crippen molar-refractivity contribution in [2.24, 2.45) is 5.92 Å². The Labute approximate surface area is 101 Å². The number of hydrogen-bond acceptors (Lipinski definition) is 2. The van der Waals surface area contributed by atoms with E-state index in [0.717, 1.165) is 12.8 Å². The molecule has 1 aromatic carbocycles. The summed E-state index contributed by atoms with van der Waals surface area (Å²) in [5, 5.41) is 11.6. The van der Waals surface area contributed by atoms with Gasteiger partial charge in [-0.1, -0.05) is 0 Å². The van der Waals surface area contributed by atoms with Gasteiger partial charge in [-0.05, 0) is 47.0 Å². The highest BCUT2D eigenvalue weighted by Crippen LogP contribution is 2.30. The summed E-state index contributed by atoms with van der Waals surface area (Å²) < 4.78 is 0.504. The van der Waals surface area contributed by atoms with Gasteiger partial charge in [0.25, 0.3) is 0 Å². The maximum Gasteiger partial charge on any atom is 0.336 e. The van der Waals surface area contributed by atoms with Crippen molar-refractivity contribution in [3.05, 3.63) is 28.2 Å². The zero-order valence-corrected chi connectivity index (χ0v) is 9.95. The highest BCUT2D eigenvalue weighted by molar-refractivity contribution is 9.10. The van der Waals surface area contributed by atoms with Crippen LogP contribution in [0, 0.1) is 5.92 Å². The zero-order valence-electron chi connectivity index (χ0n) is 8.37. The molecule has 0 unspecified atom stereocenters. The Morgan fingerprint density at radius 2 is 2.06 bits per heavy atom. The number of nitrogens with one attached hydrogen (secondary N) is 1. The van der Waals surface area contributed by atoms with Gasteiger partial charge in [-0.2, -0.15) is 0 Å². The quantitative estimate of drug-likeness (QED) is 0.896. The number of carbonyl (C=O) groups excluding carboxylic acids is 1. The van der Waals surface area contributed by atoms with Gasteiger partial charge < -0.3 is 10.4 Å². The van der Waals surface area contributed by atoms with E-state index in [1.807, 2.05) is 0 Å². The van der Waals surface area contributed by atoms with Crippen molar-refractivity contribution >= 4 is 33.5 Å². The highest BCUT2D eigenvalue weighted by Gasteiger charge is 2.29. The van der Waals surface area contributed by atoms with Gasteiger partial charge in [0, 0.05) is 16.1 Å². The van der Waals surface area contributed by atoms with Crippen LogP contribution in [0.5, 0.6) is 0 Å². The van der Waals surface area contributed by atoms with Crippen molar-refractivity contribution in [3.8, 4) is 0 Å². The standard InChI is InChI=1S/C11H10BrNO3/c12-9-4-3-7(5-8(9)11(15)16)13-10(14)6-1-2-6/h3-6H,1-2H2,(H,13,14)(H,15,16). The van der Waals surface area contributed by atoms with E-state index < -0.39 is 5.97 Å². The van der Waals surface area contributed by atoms with Crippen LogP contribution >= 0.6 is 15.9 Å². The van der Waals surface area contributed by atoms with Gasteiger partial charge in [-0.25, -0.2) is 4.79 Å². The Morgan fingerprint density at radius 1 is 1.38 bits per heavy atom. The van der Waals surface area contributed by atoms with Crippen molar-refractivity contribution in [2.45, 2.75) is 12.8 Å². The second-order valence-electron chi connectivity index (χ2n) is 3.76. The van der Waals surface area contributed by atoms with Gasteiger partial charge in [0.15, 0.2) is 0 Å². The molecule has 4 nitrogen and oxygen atoms in total. The molecule has 0 radical (unpaired) electrons. The SMILES string of the molecule is O=C(O)c1cc(NC(=O)C2CC2)ccc1Br. The zero-order chi connectivity index (χ0) is 11.7. The number of hydrogen-bond donors (Lipinski definition) is 2. The number of aromatic carboxylic acids is 1. The van der Waals surface area contributed by atoms with E-state index in [2.05, 4.69) is 21.2 Å². The minimum absolute atomic E-state index is 0.0290. The number of amides is 1. The molecule has 1 aromatic rings. The van der Waals surface area contributed by atoms with Crippen LogP contribution in [0.25, 0.3) is 0 Å². The summed E-state index contributed by atoms with van der Waals surface area (Å²) in [6.07, 6.45) is 1.85. The first-order valence-electron chi connectivity index (χ1n) is 4.91. The summed E-state index contributed by atoms with van der Waals surface area (Å²) in [5.74, 6) is -0.940. The molecular weight excluding hydrogens is 274 g/mol. The average molecular weight is 284 g/mol. The van der Waals surface area contributed by atoms with Crippen LogP contribution < -0.4 is 5.32 Å². The minimum atomic E-state index is -1.02. The van der Waals surface area contributed by atoms with Crippen molar-refractivity contribution in [3.63, 3.8) is 0 Å². The number of halogens is 1. The third kappa shape index (κ3) is 2.41. The summed E-state index contributed by atoms with van der Waals surface area (Å²) in [7, 11) is 0. The number of carboxylic acid groups (broad SMARTS) is 1. The third-order valence-electron chi connectivity index (χ3n) is 2.41. The molecule has 16 heavy (non-hydrogen) atoms. The molecule has 2 rings (SSSR count). The Balaban J connectivity index is 2.18. The van der Waals surface area contributed by atoms with Crippen LogP contribution in [0.1, 0.15) is 23.2 Å². The van der Waals surface area contributed by atoms with Crippen molar-refractivity contribution in [2.75, 3.05) is 5.32 Å². The number of benzene rings is 1. The molecule has 0 atom stereocenters. The van der Waals surface area contributed by atoms with Crippen LogP contribution in [0.15, 0.2) is 22.7 Å². The fraction of sp³-hybridized carbons (Fsp3) is 0.273. The average Bonchev–Trinajstić information content (AvgIpc) is 3.03. The summed E-state index contributed by atoms with van der Waals surface area (Å²) >= 11 is 3.14. The largest absolute Gasteiger partial charge is 0.478 e. The molecule has 0 bridgehead atoms. The summed E-state index contributed by atoms with van der Waals surface area (Å²) in [6.45, 7) is 0. The normalized spacial score (nSPS) is 14.6. The van der Waals surface area contributed by atoms with Crippen LogP contribution in [-0.4, -0.2) is 17.0 Å². The lowest BCUT2D eigenvalue weighted by Gasteiger charge is -2.06. The van der Waals surface area contributed by atoms with E-state index in [0.29, 0.717) is 10.2 Å². The molecule has 0 heterocycles. The fourth-order valence-corrected chi connectivity index (χ4v) is 1.77. The number of carboxylic acids is 1. The monoisotopic (exact) mass is 283 g/mol. The molecule has 1 aliphatic carbocycles. The molecule has 0 spiro atoms. The molecule has 5 heteroatoms. The van der Waals surface area contributed by atoms with E-state index in [4.69, 9.17) is 5.11 Å². The lowest BCUT2D eigenvalue weighted by atomic mass is 10.2. The molecule has 1 saturated carbocycles. The maximum atomic E-state index is 11.5. The molecular formula is C11H10BrNO3. The second-order valence-corrected chi connectivity index (χ2v) is 4.62. The highest BCUT2D eigenvalue weighted by atomic mass is 79.9. The van der Waals surface area contributed by atoms with Gasteiger partial charge in [0.1, 0.15) is 0 Å². The van der Waals surface area contributed by atoms with Crippen LogP contribution in [0.3, 0.4) is 0 Å². The molecule has 0 saturated heterocycles. The number of rotatable bonds is 3. The Morgan fingerprint density at radius 3 is 2.62 bits per heavy atom. The molecule has 1 amide bonds. The Bertz CT molecular complexity index is 455. The Hall–Kier alpha value is -1.36. The van der Waals surface area contributed by atoms with Crippen molar-refractivity contribution in [1.29, 1.82) is 0 Å². The first-order valence-corrected chi connectivity index (χ1v) is 5.71. The summed E-state index contributed by atoms with van der Waals surface area (Å²) in [6, 6.07) is 4.75. The van der Waals surface area contributed by atoms with E-state index in [1.54, 1.807) is 12.1 Å². The molecule has 2 N–H and O–H groups in total. The van der Waals surface area contributed by atoms with Gasteiger partial charge >= 0.3 is 5.97 Å². The predicted octanol–water partition coefficient (Wildman–Crippen LogP) is 2.50. The van der Waals surface area contributed by atoms with Crippen molar-refractivity contribution < 1.29 is 14.7 Å². The van der Waals surface area contributed by atoms with Crippen LogP contribution in [0.4, 0.5) is 5.69 Å². The van der Waals surface area contributed by atoms with E-state index >= 15 is 0 Å². The Kier molecular flexibility index (Phi) is 2.96. The predicted molar refractivity (Wildman–Crippen MR) is 62.5 cm³/mol. The molecule has 84 valence electrons. The third-order valence-corrected chi connectivity index (χ3v) is 3.10. The smallest absolute Gasteiger partial charge is 0.336 e. The first-order chi connectivity index (χ1) is 7.58. The number of anilines is 1. The van der Waals surface area contributed by atoms with E-state index in [9.17, 15) is 9.59 Å². The fourth-order valence-electron chi connectivity index (χ4n) is 1.36. The van der Waals surface area contributed by atoms with E-state index in [1.165, 1.54) is 6.07 Å². The summed E-state index contributed by atoms with van der Waals surface area (Å²) in [4.78, 5) is 22.3.